The molecule has 0 saturated heterocycles. The van der Waals surface area contributed by atoms with E-state index in [2.05, 4.69) is 43.5 Å². The molecule has 1 aliphatic heterocycles. The van der Waals surface area contributed by atoms with Gasteiger partial charge in [0.25, 0.3) is 0 Å². The van der Waals surface area contributed by atoms with Crippen molar-refractivity contribution in [3.05, 3.63) is 47.5 Å². The molecule has 0 atom stereocenters. The third-order valence-electron chi connectivity index (χ3n) is 3.38. The topological polar surface area (TPSA) is 3.24 Å². The Morgan fingerprint density at radius 1 is 1.38 bits per heavy atom. The number of nitrogens with zero attached hydrogens (tertiary/aromatic N) is 1. The van der Waals surface area contributed by atoms with Gasteiger partial charge in [0, 0.05) is 19.6 Å². The number of fused-ring (bicyclic) bond motifs is 1. The van der Waals surface area contributed by atoms with Gasteiger partial charge in [-0.15, -0.1) is 6.58 Å². The van der Waals surface area contributed by atoms with Crippen LogP contribution in [0, 0.1) is 0 Å². The molecular weight excluding hydrogens is 194 g/mol. The Morgan fingerprint density at radius 2 is 2.19 bits per heavy atom. The van der Waals surface area contributed by atoms with Gasteiger partial charge in [0.15, 0.2) is 0 Å². The predicted octanol–water partition coefficient (Wildman–Crippen LogP) is 3.35. The summed E-state index contributed by atoms with van der Waals surface area (Å²) < 4.78 is 0. The van der Waals surface area contributed by atoms with E-state index in [0.29, 0.717) is 5.92 Å². The zero-order valence-electron chi connectivity index (χ0n) is 10.4. The van der Waals surface area contributed by atoms with E-state index < -0.39 is 0 Å². The van der Waals surface area contributed by atoms with Crippen molar-refractivity contribution in [3.8, 4) is 0 Å². The maximum atomic E-state index is 3.81. The number of benzene rings is 1. The molecule has 0 fully saturated rings. The van der Waals surface area contributed by atoms with Gasteiger partial charge in [-0.3, -0.25) is 4.90 Å². The Hall–Kier alpha value is -1.08. The standard InChI is InChI=1S/C15H21N/c1-4-8-16-9-7-13-5-6-14(12(2)3)10-15(13)11-16/h4-6,10,12H,1,7-9,11H2,2-3H3. The summed E-state index contributed by atoms with van der Waals surface area (Å²) in [6, 6.07) is 6.98. The third-order valence-corrected chi connectivity index (χ3v) is 3.38. The van der Waals surface area contributed by atoms with Gasteiger partial charge in [0.1, 0.15) is 0 Å². The summed E-state index contributed by atoms with van der Waals surface area (Å²) >= 11 is 0. The molecule has 86 valence electrons. The lowest BCUT2D eigenvalue weighted by molar-refractivity contribution is 0.282. The van der Waals surface area contributed by atoms with E-state index in [1.807, 2.05) is 6.08 Å². The number of hydrogen-bond donors (Lipinski definition) is 0. The van der Waals surface area contributed by atoms with Crippen LogP contribution in [0.4, 0.5) is 0 Å². The highest BCUT2D eigenvalue weighted by molar-refractivity contribution is 5.35. The van der Waals surface area contributed by atoms with E-state index in [-0.39, 0.29) is 0 Å². The lowest BCUT2D eigenvalue weighted by Gasteiger charge is -2.28. The molecule has 0 spiro atoms. The van der Waals surface area contributed by atoms with Crippen molar-refractivity contribution in [1.82, 2.24) is 4.90 Å². The lowest BCUT2D eigenvalue weighted by Crippen LogP contribution is -2.30. The summed E-state index contributed by atoms with van der Waals surface area (Å²) in [6.45, 7) is 11.6. The van der Waals surface area contributed by atoms with E-state index in [9.17, 15) is 0 Å². The average Bonchev–Trinajstić information content (AvgIpc) is 2.28. The highest BCUT2D eigenvalue weighted by atomic mass is 15.1. The van der Waals surface area contributed by atoms with Crippen LogP contribution in [0.2, 0.25) is 0 Å². The van der Waals surface area contributed by atoms with Crippen LogP contribution < -0.4 is 0 Å². The van der Waals surface area contributed by atoms with Crippen LogP contribution in [0.15, 0.2) is 30.9 Å². The molecule has 0 amide bonds. The highest BCUT2D eigenvalue weighted by Gasteiger charge is 2.15. The second kappa shape index (κ2) is 4.84. The highest BCUT2D eigenvalue weighted by Crippen LogP contribution is 2.23. The average molecular weight is 215 g/mol. The quantitative estimate of drug-likeness (QED) is 0.699. The van der Waals surface area contributed by atoms with Crippen LogP contribution in [0.1, 0.15) is 36.5 Å². The van der Waals surface area contributed by atoms with Crippen molar-refractivity contribution >= 4 is 0 Å². The molecule has 1 aliphatic rings. The van der Waals surface area contributed by atoms with Gasteiger partial charge in [0.05, 0.1) is 0 Å². The fraction of sp³-hybridized carbons (Fsp3) is 0.467. The molecule has 0 bridgehead atoms. The summed E-state index contributed by atoms with van der Waals surface area (Å²) in [6.07, 6.45) is 3.18. The molecule has 0 saturated carbocycles. The normalized spacial score (nSPS) is 16.2. The summed E-state index contributed by atoms with van der Waals surface area (Å²) in [5.74, 6) is 0.625. The first kappa shape index (κ1) is 11.4. The second-order valence-electron chi connectivity index (χ2n) is 4.96. The number of rotatable bonds is 3. The lowest BCUT2D eigenvalue weighted by atomic mass is 9.93. The van der Waals surface area contributed by atoms with Crippen molar-refractivity contribution < 1.29 is 0 Å². The van der Waals surface area contributed by atoms with E-state index in [1.165, 1.54) is 29.7 Å². The van der Waals surface area contributed by atoms with Gasteiger partial charge in [0.2, 0.25) is 0 Å². The molecule has 1 heteroatoms. The first-order valence-corrected chi connectivity index (χ1v) is 6.15. The molecule has 1 nitrogen and oxygen atoms in total. The third kappa shape index (κ3) is 2.35. The van der Waals surface area contributed by atoms with Crippen molar-refractivity contribution in [2.75, 3.05) is 13.1 Å². The molecule has 1 aromatic carbocycles. The molecular formula is C15H21N. The summed E-state index contributed by atoms with van der Waals surface area (Å²) in [5.41, 5.74) is 4.50. The number of hydrogen-bond acceptors (Lipinski definition) is 1. The minimum absolute atomic E-state index is 0.625. The largest absolute Gasteiger partial charge is 0.295 e. The predicted molar refractivity (Wildman–Crippen MR) is 69.7 cm³/mol. The Labute approximate surface area is 98.8 Å². The van der Waals surface area contributed by atoms with Crippen molar-refractivity contribution in [3.63, 3.8) is 0 Å². The summed E-state index contributed by atoms with van der Waals surface area (Å²) in [7, 11) is 0. The smallest absolute Gasteiger partial charge is 0.0240 e. The zero-order valence-corrected chi connectivity index (χ0v) is 10.4. The van der Waals surface area contributed by atoms with Crippen molar-refractivity contribution in [1.29, 1.82) is 0 Å². The van der Waals surface area contributed by atoms with E-state index in [1.54, 1.807) is 0 Å². The molecule has 0 aliphatic carbocycles. The Morgan fingerprint density at radius 3 is 2.88 bits per heavy atom. The SMILES string of the molecule is C=CCN1CCc2ccc(C(C)C)cc2C1. The molecule has 0 unspecified atom stereocenters. The molecule has 1 heterocycles. The van der Waals surface area contributed by atoms with Crippen molar-refractivity contribution in [2.24, 2.45) is 0 Å². The molecule has 0 aromatic heterocycles. The maximum Gasteiger partial charge on any atom is 0.0240 e. The fourth-order valence-corrected chi connectivity index (χ4v) is 2.33. The van der Waals surface area contributed by atoms with Crippen LogP contribution in [0.25, 0.3) is 0 Å². The van der Waals surface area contributed by atoms with Crippen LogP contribution in [-0.2, 0) is 13.0 Å². The van der Waals surface area contributed by atoms with E-state index in [4.69, 9.17) is 0 Å². The monoisotopic (exact) mass is 215 g/mol. The van der Waals surface area contributed by atoms with Gasteiger partial charge in [-0.2, -0.15) is 0 Å². The van der Waals surface area contributed by atoms with Crippen LogP contribution >= 0.6 is 0 Å². The van der Waals surface area contributed by atoms with Gasteiger partial charge in [-0.05, 0) is 29.0 Å². The maximum absolute atomic E-state index is 3.81. The van der Waals surface area contributed by atoms with Gasteiger partial charge >= 0.3 is 0 Å². The Kier molecular flexibility index (Phi) is 3.45. The first-order chi connectivity index (χ1) is 7.70. The van der Waals surface area contributed by atoms with Crippen LogP contribution in [0.3, 0.4) is 0 Å². The molecule has 0 radical (unpaired) electrons. The molecule has 0 N–H and O–H groups in total. The Balaban J connectivity index is 2.21. The van der Waals surface area contributed by atoms with Gasteiger partial charge in [-0.25, -0.2) is 0 Å². The summed E-state index contributed by atoms with van der Waals surface area (Å²) in [4.78, 5) is 2.46. The Bertz CT molecular complexity index is 379. The molecule has 1 aromatic rings. The minimum atomic E-state index is 0.625. The zero-order chi connectivity index (χ0) is 11.5. The molecule has 16 heavy (non-hydrogen) atoms. The van der Waals surface area contributed by atoms with Gasteiger partial charge < -0.3 is 0 Å². The second-order valence-corrected chi connectivity index (χ2v) is 4.96. The minimum Gasteiger partial charge on any atom is -0.295 e. The van der Waals surface area contributed by atoms with Crippen LogP contribution in [-0.4, -0.2) is 18.0 Å². The molecule has 2 rings (SSSR count). The van der Waals surface area contributed by atoms with Crippen LogP contribution in [0.5, 0.6) is 0 Å². The summed E-state index contributed by atoms with van der Waals surface area (Å²) in [5, 5.41) is 0. The van der Waals surface area contributed by atoms with Crippen molar-refractivity contribution in [2.45, 2.75) is 32.7 Å². The first-order valence-electron chi connectivity index (χ1n) is 6.15. The van der Waals surface area contributed by atoms with Gasteiger partial charge in [-0.1, -0.05) is 38.1 Å². The van der Waals surface area contributed by atoms with E-state index >= 15 is 0 Å². The fourth-order valence-electron chi connectivity index (χ4n) is 2.33. The van der Waals surface area contributed by atoms with E-state index in [0.717, 1.165) is 13.1 Å².